The zero-order valence-electron chi connectivity index (χ0n) is 10.2. The van der Waals surface area contributed by atoms with Gasteiger partial charge in [-0.2, -0.15) is 0 Å². The number of nitrogens with zero attached hydrogens (tertiary/aromatic N) is 1. The summed E-state index contributed by atoms with van der Waals surface area (Å²) in [6.07, 6.45) is -2.63. The fourth-order valence-corrected chi connectivity index (χ4v) is 1.66. The average Bonchev–Trinajstić information content (AvgIpc) is 2.38. The van der Waals surface area contributed by atoms with E-state index in [1.54, 1.807) is 12.1 Å². The van der Waals surface area contributed by atoms with Crippen LogP contribution < -0.4 is 0 Å². The van der Waals surface area contributed by atoms with Crippen molar-refractivity contribution in [1.82, 2.24) is 4.90 Å². The highest BCUT2D eigenvalue weighted by molar-refractivity contribution is 5.35. The number of phenolic OH excluding ortho intramolecular Hbond substituents is 1. The van der Waals surface area contributed by atoms with Crippen LogP contribution in [0.1, 0.15) is 11.1 Å². The fraction of sp³-hybridized carbons (Fsp3) is 0.500. The summed E-state index contributed by atoms with van der Waals surface area (Å²) in [7, 11) is 0. The van der Waals surface area contributed by atoms with Crippen molar-refractivity contribution in [2.75, 3.05) is 13.2 Å². The average molecular weight is 257 g/mol. The van der Waals surface area contributed by atoms with Crippen LogP contribution in [-0.4, -0.2) is 56.1 Å². The van der Waals surface area contributed by atoms with E-state index in [1.165, 1.54) is 6.07 Å². The van der Waals surface area contributed by atoms with Crippen LogP contribution in [-0.2, 0) is 6.54 Å². The van der Waals surface area contributed by atoms with Crippen LogP contribution in [0.3, 0.4) is 0 Å². The highest BCUT2D eigenvalue weighted by atomic mass is 16.4. The lowest BCUT2D eigenvalue weighted by atomic mass is 10.1. The van der Waals surface area contributed by atoms with Crippen molar-refractivity contribution in [2.24, 2.45) is 0 Å². The predicted octanol–water partition coefficient (Wildman–Crippen LogP) is -0.876. The first-order valence-corrected chi connectivity index (χ1v) is 5.61. The molecule has 0 aliphatic rings. The second-order valence-corrected chi connectivity index (χ2v) is 4.13. The van der Waals surface area contributed by atoms with Crippen molar-refractivity contribution >= 4 is 0 Å². The highest BCUT2D eigenvalue weighted by Crippen LogP contribution is 2.21. The summed E-state index contributed by atoms with van der Waals surface area (Å²) in [5.41, 5.74) is 1.41. The first-order valence-electron chi connectivity index (χ1n) is 5.61. The molecule has 0 aliphatic carbocycles. The van der Waals surface area contributed by atoms with E-state index < -0.39 is 25.7 Å². The SMILES string of the molecule is Cc1ccc(O)c(CN(C(O)CO)C(O)CO)c1. The molecule has 5 N–H and O–H groups in total. The first-order chi connectivity index (χ1) is 8.49. The Bertz CT molecular complexity index is 375. The molecule has 0 fully saturated rings. The van der Waals surface area contributed by atoms with Gasteiger partial charge in [-0.1, -0.05) is 17.7 Å². The Balaban J connectivity index is 2.91. The van der Waals surface area contributed by atoms with Crippen LogP contribution in [0, 0.1) is 6.92 Å². The summed E-state index contributed by atoms with van der Waals surface area (Å²) in [5.74, 6) is 0.0286. The molecule has 0 amide bonds. The van der Waals surface area contributed by atoms with Gasteiger partial charge in [0.05, 0.1) is 13.2 Å². The summed E-state index contributed by atoms with van der Waals surface area (Å²) in [4.78, 5) is 1.09. The number of aliphatic hydroxyl groups excluding tert-OH is 4. The van der Waals surface area contributed by atoms with Crippen LogP contribution in [0.25, 0.3) is 0 Å². The molecule has 1 aromatic rings. The van der Waals surface area contributed by atoms with Crippen LogP contribution in [0.5, 0.6) is 5.75 Å². The van der Waals surface area contributed by atoms with Crippen LogP contribution in [0.15, 0.2) is 18.2 Å². The largest absolute Gasteiger partial charge is 0.508 e. The first kappa shape index (κ1) is 14.9. The number of rotatable bonds is 6. The number of aromatic hydroxyl groups is 1. The standard InChI is InChI=1S/C12H19NO5/c1-8-2-3-10(16)9(4-8)5-13(11(17)6-14)12(18)7-15/h2-4,11-12,14-18H,5-7H2,1H3. The third-order valence-corrected chi connectivity index (χ3v) is 2.68. The summed E-state index contributed by atoms with van der Waals surface area (Å²) in [6, 6.07) is 4.95. The van der Waals surface area contributed by atoms with E-state index in [-0.39, 0.29) is 12.3 Å². The molecule has 0 aliphatic heterocycles. The van der Waals surface area contributed by atoms with E-state index in [0.717, 1.165) is 10.5 Å². The van der Waals surface area contributed by atoms with Crippen LogP contribution >= 0.6 is 0 Å². The Kier molecular flexibility index (Phi) is 5.52. The second-order valence-electron chi connectivity index (χ2n) is 4.13. The molecule has 0 heterocycles. The van der Waals surface area contributed by atoms with E-state index in [1.807, 2.05) is 6.92 Å². The molecule has 6 nitrogen and oxygen atoms in total. The normalized spacial score (nSPS) is 14.8. The van der Waals surface area contributed by atoms with Gasteiger partial charge in [0, 0.05) is 12.1 Å². The molecule has 102 valence electrons. The zero-order valence-corrected chi connectivity index (χ0v) is 10.2. The molecular weight excluding hydrogens is 238 g/mol. The third kappa shape index (κ3) is 3.66. The zero-order chi connectivity index (χ0) is 13.7. The maximum absolute atomic E-state index is 9.68. The maximum Gasteiger partial charge on any atom is 0.133 e. The van der Waals surface area contributed by atoms with Gasteiger partial charge in [-0.3, -0.25) is 0 Å². The second kappa shape index (κ2) is 6.67. The number of hydrogen-bond acceptors (Lipinski definition) is 6. The number of phenols is 1. The Labute approximate surface area is 105 Å². The molecule has 18 heavy (non-hydrogen) atoms. The topological polar surface area (TPSA) is 104 Å². The van der Waals surface area contributed by atoms with Gasteiger partial charge in [-0.25, -0.2) is 4.90 Å². The Morgan fingerprint density at radius 2 is 1.67 bits per heavy atom. The predicted molar refractivity (Wildman–Crippen MR) is 64.6 cm³/mol. The molecular formula is C12H19NO5. The van der Waals surface area contributed by atoms with Gasteiger partial charge in [0.2, 0.25) is 0 Å². The summed E-state index contributed by atoms with van der Waals surface area (Å²) >= 11 is 0. The third-order valence-electron chi connectivity index (χ3n) is 2.68. The van der Waals surface area contributed by atoms with Crippen molar-refractivity contribution in [3.63, 3.8) is 0 Å². The van der Waals surface area contributed by atoms with Crippen molar-refractivity contribution in [2.45, 2.75) is 25.9 Å². The highest BCUT2D eigenvalue weighted by Gasteiger charge is 2.23. The lowest BCUT2D eigenvalue weighted by molar-refractivity contribution is -0.138. The van der Waals surface area contributed by atoms with Crippen molar-refractivity contribution in [3.8, 4) is 5.75 Å². The molecule has 0 spiro atoms. The Hall–Kier alpha value is -1.18. The number of aliphatic hydroxyl groups is 4. The van der Waals surface area contributed by atoms with Gasteiger partial charge in [-0.15, -0.1) is 0 Å². The van der Waals surface area contributed by atoms with Crippen LogP contribution in [0.2, 0.25) is 0 Å². The monoisotopic (exact) mass is 257 g/mol. The van der Waals surface area contributed by atoms with Gasteiger partial charge < -0.3 is 25.5 Å². The molecule has 1 aromatic carbocycles. The molecule has 0 saturated carbocycles. The lowest BCUT2D eigenvalue weighted by Gasteiger charge is -2.30. The fourth-order valence-electron chi connectivity index (χ4n) is 1.66. The molecule has 2 unspecified atom stereocenters. The number of benzene rings is 1. The van der Waals surface area contributed by atoms with E-state index >= 15 is 0 Å². The molecule has 0 aromatic heterocycles. The van der Waals surface area contributed by atoms with E-state index in [2.05, 4.69) is 0 Å². The van der Waals surface area contributed by atoms with E-state index in [0.29, 0.717) is 5.56 Å². The minimum atomic E-state index is -1.31. The lowest BCUT2D eigenvalue weighted by Crippen LogP contribution is -2.46. The number of hydrogen-bond donors (Lipinski definition) is 5. The van der Waals surface area contributed by atoms with Crippen molar-refractivity contribution in [1.29, 1.82) is 0 Å². The van der Waals surface area contributed by atoms with Gasteiger partial charge in [0.1, 0.15) is 18.2 Å². The smallest absolute Gasteiger partial charge is 0.133 e. The molecule has 0 saturated heterocycles. The van der Waals surface area contributed by atoms with Crippen molar-refractivity contribution < 1.29 is 25.5 Å². The van der Waals surface area contributed by atoms with Gasteiger partial charge in [0.25, 0.3) is 0 Å². The Morgan fingerprint density at radius 1 is 1.11 bits per heavy atom. The minimum Gasteiger partial charge on any atom is -0.508 e. The van der Waals surface area contributed by atoms with Gasteiger partial charge in [0.15, 0.2) is 0 Å². The van der Waals surface area contributed by atoms with E-state index in [4.69, 9.17) is 10.2 Å². The quantitative estimate of drug-likeness (QED) is 0.424. The minimum absolute atomic E-state index is 0.0109. The van der Waals surface area contributed by atoms with Crippen LogP contribution in [0.4, 0.5) is 0 Å². The van der Waals surface area contributed by atoms with E-state index in [9.17, 15) is 15.3 Å². The molecule has 1 rings (SSSR count). The van der Waals surface area contributed by atoms with Crippen molar-refractivity contribution in [3.05, 3.63) is 29.3 Å². The summed E-state index contributed by atoms with van der Waals surface area (Å²) in [5, 5.41) is 46.6. The number of aryl methyl sites for hydroxylation is 1. The molecule has 2 atom stereocenters. The summed E-state index contributed by atoms with van der Waals surface area (Å²) in [6.45, 7) is 0.697. The Morgan fingerprint density at radius 3 is 2.17 bits per heavy atom. The molecule has 0 radical (unpaired) electrons. The molecule has 6 heteroatoms. The maximum atomic E-state index is 9.68. The van der Waals surface area contributed by atoms with Gasteiger partial charge >= 0.3 is 0 Å². The summed E-state index contributed by atoms with van der Waals surface area (Å²) < 4.78 is 0. The van der Waals surface area contributed by atoms with Gasteiger partial charge in [-0.05, 0) is 13.0 Å². The molecule has 0 bridgehead atoms.